The zero-order chi connectivity index (χ0) is 18.9. The van der Waals surface area contributed by atoms with E-state index < -0.39 is 0 Å². The summed E-state index contributed by atoms with van der Waals surface area (Å²) in [6.07, 6.45) is 1.70. The molecule has 0 fully saturated rings. The maximum absolute atomic E-state index is 5.43. The van der Waals surface area contributed by atoms with Gasteiger partial charge >= 0.3 is 0 Å². The SMILES string of the molecule is CCNC(=NCc1c(CC)noc1CC)NCC(C)c1ccc(C)cc1. The second kappa shape index (κ2) is 10.00. The number of nitrogens with one attached hydrogen (secondary N) is 2. The fourth-order valence-corrected chi connectivity index (χ4v) is 2.88. The van der Waals surface area contributed by atoms with Crippen LogP contribution in [0.15, 0.2) is 33.8 Å². The Morgan fingerprint density at radius 1 is 1.12 bits per heavy atom. The van der Waals surface area contributed by atoms with Gasteiger partial charge in [-0.25, -0.2) is 4.99 Å². The number of guanidine groups is 1. The molecule has 1 heterocycles. The second-order valence-corrected chi connectivity index (χ2v) is 6.63. The summed E-state index contributed by atoms with van der Waals surface area (Å²) in [7, 11) is 0. The maximum Gasteiger partial charge on any atom is 0.191 e. The summed E-state index contributed by atoms with van der Waals surface area (Å²) >= 11 is 0. The Labute approximate surface area is 157 Å². The molecule has 1 atom stereocenters. The maximum atomic E-state index is 5.43. The van der Waals surface area contributed by atoms with Crippen molar-refractivity contribution in [2.24, 2.45) is 4.99 Å². The molecule has 0 radical (unpaired) electrons. The van der Waals surface area contributed by atoms with Gasteiger partial charge in [-0.3, -0.25) is 0 Å². The lowest BCUT2D eigenvalue weighted by molar-refractivity contribution is 0.380. The van der Waals surface area contributed by atoms with Crippen LogP contribution in [0.1, 0.15) is 61.8 Å². The van der Waals surface area contributed by atoms with Gasteiger partial charge in [-0.05, 0) is 31.7 Å². The summed E-state index contributed by atoms with van der Waals surface area (Å²) in [5.41, 5.74) is 4.75. The molecular weight excluding hydrogens is 324 g/mol. The smallest absolute Gasteiger partial charge is 0.191 e. The van der Waals surface area contributed by atoms with Crippen LogP contribution in [-0.2, 0) is 19.4 Å². The quantitative estimate of drug-likeness (QED) is 0.555. The Balaban J connectivity index is 2.02. The highest BCUT2D eigenvalue weighted by Gasteiger charge is 2.13. The van der Waals surface area contributed by atoms with Crippen LogP contribution < -0.4 is 10.6 Å². The molecular formula is C21H32N4O. The highest BCUT2D eigenvalue weighted by Crippen LogP contribution is 2.17. The molecule has 1 unspecified atom stereocenters. The predicted octanol–water partition coefficient (Wildman–Crippen LogP) is 3.97. The first-order valence-corrected chi connectivity index (χ1v) is 9.63. The Hall–Kier alpha value is -2.30. The fourth-order valence-electron chi connectivity index (χ4n) is 2.88. The molecule has 0 aliphatic carbocycles. The molecule has 1 aromatic heterocycles. The zero-order valence-electron chi connectivity index (χ0n) is 16.7. The molecule has 1 aromatic carbocycles. The van der Waals surface area contributed by atoms with E-state index in [1.54, 1.807) is 0 Å². The van der Waals surface area contributed by atoms with E-state index in [9.17, 15) is 0 Å². The van der Waals surface area contributed by atoms with Crippen molar-refractivity contribution < 1.29 is 4.52 Å². The normalized spacial score (nSPS) is 12.9. The van der Waals surface area contributed by atoms with Crippen LogP contribution in [0.3, 0.4) is 0 Å². The van der Waals surface area contributed by atoms with Crippen LogP contribution in [0.5, 0.6) is 0 Å². The second-order valence-electron chi connectivity index (χ2n) is 6.63. The van der Waals surface area contributed by atoms with Crippen LogP contribution in [0, 0.1) is 6.92 Å². The van der Waals surface area contributed by atoms with E-state index in [1.807, 2.05) is 0 Å². The van der Waals surface area contributed by atoms with Crippen molar-refractivity contribution in [2.75, 3.05) is 13.1 Å². The van der Waals surface area contributed by atoms with Crippen molar-refractivity contribution in [3.8, 4) is 0 Å². The van der Waals surface area contributed by atoms with Crippen molar-refractivity contribution in [3.63, 3.8) is 0 Å². The minimum atomic E-state index is 0.410. The molecule has 26 heavy (non-hydrogen) atoms. The Kier molecular flexibility index (Phi) is 7.70. The average Bonchev–Trinajstić information content (AvgIpc) is 3.06. The van der Waals surface area contributed by atoms with E-state index in [2.05, 4.69) is 74.7 Å². The van der Waals surface area contributed by atoms with Crippen LogP contribution >= 0.6 is 0 Å². The summed E-state index contributed by atoms with van der Waals surface area (Å²) in [5, 5.41) is 10.9. The average molecular weight is 357 g/mol. The molecule has 0 aliphatic heterocycles. The number of benzene rings is 1. The van der Waals surface area contributed by atoms with E-state index in [0.29, 0.717) is 12.5 Å². The molecule has 0 amide bonds. The van der Waals surface area contributed by atoms with E-state index in [0.717, 1.165) is 48.9 Å². The van der Waals surface area contributed by atoms with Gasteiger partial charge in [0, 0.05) is 25.1 Å². The van der Waals surface area contributed by atoms with Crippen molar-refractivity contribution in [1.29, 1.82) is 0 Å². The van der Waals surface area contributed by atoms with Crippen LogP contribution in [-0.4, -0.2) is 24.2 Å². The van der Waals surface area contributed by atoms with Crippen LogP contribution in [0.25, 0.3) is 0 Å². The van der Waals surface area contributed by atoms with Crippen molar-refractivity contribution >= 4 is 5.96 Å². The fraction of sp³-hybridized carbons (Fsp3) is 0.524. The van der Waals surface area contributed by atoms with Crippen molar-refractivity contribution in [1.82, 2.24) is 15.8 Å². The molecule has 2 N–H and O–H groups in total. The third-order valence-electron chi connectivity index (χ3n) is 4.57. The highest BCUT2D eigenvalue weighted by atomic mass is 16.5. The first-order chi connectivity index (χ1) is 12.6. The summed E-state index contributed by atoms with van der Waals surface area (Å²) in [6.45, 7) is 12.8. The Morgan fingerprint density at radius 3 is 2.46 bits per heavy atom. The molecule has 142 valence electrons. The van der Waals surface area contributed by atoms with Crippen LogP contribution in [0.2, 0.25) is 0 Å². The summed E-state index contributed by atoms with van der Waals surface area (Å²) in [5.74, 6) is 2.18. The van der Waals surface area contributed by atoms with Gasteiger partial charge in [-0.1, -0.05) is 55.8 Å². The van der Waals surface area contributed by atoms with Crippen LogP contribution in [0.4, 0.5) is 0 Å². The van der Waals surface area contributed by atoms with Gasteiger partial charge in [0.25, 0.3) is 0 Å². The topological polar surface area (TPSA) is 62.5 Å². The van der Waals surface area contributed by atoms with Crippen molar-refractivity contribution in [3.05, 3.63) is 52.4 Å². The first-order valence-electron chi connectivity index (χ1n) is 9.63. The number of hydrogen-bond donors (Lipinski definition) is 2. The van der Waals surface area contributed by atoms with Gasteiger partial charge in [0.2, 0.25) is 0 Å². The molecule has 0 bridgehead atoms. The largest absolute Gasteiger partial charge is 0.361 e. The van der Waals surface area contributed by atoms with E-state index >= 15 is 0 Å². The number of rotatable bonds is 8. The molecule has 5 nitrogen and oxygen atoms in total. The van der Waals surface area contributed by atoms with Gasteiger partial charge in [0.1, 0.15) is 5.76 Å². The minimum absolute atomic E-state index is 0.410. The van der Waals surface area contributed by atoms with Crippen molar-refractivity contribution in [2.45, 2.75) is 59.9 Å². The first kappa shape index (κ1) is 20.0. The number of hydrogen-bond acceptors (Lipinski definition) is 3. The molecule has 0 spiro atoms. The van der Waals surface area contributed by atoms with E-state index in [1.165, 1.54) is 11.1 Å². The van der Waals surface area contributed by atoms with Gasteiger partial charge in [-0.2, -0.15) is 0 Å². The van der Waals surface area contributed by atoms with Gasteiger partial charge in [0.15, 0.2) is 5.96 Å². The lowest BCUT2D eigenvalue weighted by Gasteiger charge is -2.16. The minimum Gasteiger partial charge on any atom is -0.361 e. The van der Waals surface area contributed by atoms with Gasteiger partial charge < -0.3 is 15.2 Å². The summed E-state index contributed by atoms with van der Waals surface area (Å²) in [6, 6.07) is 8.72. The third-order valence-corrected chi connectivity index (χ3v) is 4.57. The molecule has 0 aliphatic rings. The Bertz CT molecular complexity index is 682. The van der Waals surface area contributed by atoms with Gasteiger partial charge in [-0.15, -0.1) is 0 Å². The summed E-state index contributed by atoms with van der Waals surface area (Å²) < 4.78 is 5.43. The predicted molar refractivity (Wildman–Crippen MR) is 108 cm³/mol. The van der Waals surface area contributed by atoms with E-state index in [4.69, 9.17) is 9.52 Å². The number of aliphatic imine (C=N–C) groups is 1. The molecule has 0 saturated heterocycles. The zero-order valence-corrected chi connectivity index (χ0v) is 16.7. The molecule has 5 heteroatoms. The Morgan fingerprint density at radius 2 is 1.85 bits per heavy atom. The molecule has 2 aromatic rings. The lowest BCUT2D eigenvalue weighted by Crippen LogP contribution is -2.39. The number of aryl methyl sites for hydroxylation is 3. The third kappa shape index (κ3) is 5.35. The number of aromatic nitrogens is 1. The summed E-state index contributed by atoms with van der Waals surface area (Å²) in [4.78, 5) is 4.75. The standard InChI is InChI=1S/C21H32N4O/c1-6-19-18(20(7-2)26-25-19)14-24-21(22-8-3)23-13-16(5)17-11-9-15(4)10-12-17/h9-12,16H,6-8,13-14H2,1-5H3,(H2,22,23,24). The highest BCUT2D eigenvalue weighted by molar-refractivity contribution is 5.79. The molecule has 0 saturated carbocycles. The monoisotopic (exact) mass is 356 g/mol. The van der Waals surface area contributed by atoms with Gasteiger partial charge in [0.05, 0.1) is 12.2 Å². The van der Waals surface area contributed by atoms with E-state index in [-0.39, 0.29) is 0 Å². The number of nitrogens with zero attached hydrogens (tertiary/aromatic N) is 2. The lowest BCUT2D eigenvalue weighted by atomic mass is 10.0. The molecule has 2 rings (SSSR count).